The zero-order valence-electron chi connectivity index (χ0n) is 14.8. The van der Waals surface area contributed by atoms with E-state index in [2.05, 4.69) is 24.1 Å². The van der Waals surface area contributed by atoms with Crippen molar-refractivity contribution in [3.8, 4) is 0 Å². The lowest BCUT2D eigenvalue weighted by Gasteiger charge is -2.40. The van der Waals surface area contributed by atoms with Crippen molar-refractivity contribution in [2.75, 3.05) is 33.4 Å². The van der Waals surface area contributed by atoms with Crippen molar-refractivity contribution < 1.29 is 9.84 Å². The van der Waals surface area contributed by atoms with Crippen LogP contribution in [0, 0.1) is 11.8 Å². The molecular weight excluding hydrogens is 276 g/mol. The van der Waals surface area contributed by atoms with Crippen LogP contribution in [-0.4, -0.2) is 61.5 Å². The molecule has 2 rings (SSSR count). The molecule has 130 valence electrons. The topological polar surface area (TPSA) is 44.7 Å². The average molecular weight is 312 g/mol. The number of hydrogen-bond acceptors (Lipinski definition) is 4. The van der Waals surface area contributed by atoms with Crippen LogP contribution >= 0.6 is 0 Å². The molecule has 0 aromatic rings. The number of nitrogens with one attached hydrogen (secondary N) is 1. The van der Waals surface area contributed by atoms with Crippen LogP contribution in [0.15, 0.2) is 0 Å². The quantitative estimate of drug-likeness (QED) is 0.757. The Morgan fingerprint density at radius 2 is 1.95 bits per heavy atom. The maximum atomic E-state index is 9.84. The van der Waals surface area contributed by atoms with Crippen molar-refractivity contribution in [3.05, 3.63) is 0 Å². The molecule has 1 aliphatic carbocycles. The molecule has 0 aromatic heterocycles. The molecule has 1 heterocycles. The molecule has 4 heteroatoms. The molecule has 4 unspecified atom stereocenters. The summed E-state index contributed by atoms with van der Waals surface area (Å²) in [5.41, 5.74) is 0. The van der Waals surface area contributed by atoms with E-state index in [0.717, 1.165) is 37.5 Å². The number of aliphatic hydroxyl groups is 1. The molecule has 22 heavy (non-hydrogen) atoms. The Morgan fingerprint density at radius 3 is 2.59 bits per heavy atom. The molecule has 1 saturated heterocycles. The van der Waals surface area contributed by atoms with Crippen molar-refractivity contribution in [3.63, 3.8) is 0 Å². The van der Waals surface area contributed by atoms with Gasteiger partial charge in [-0.15, -0.1) is 0 Å². The van der Waals surface area contributed by atoms with E-state index < -0.39 is 0 Å². The summed E-state index contributed by atoms with van der Waals surface area (Å²) in [7, 11) is 1.65. The van der Waals surface area contributed by atoms with Crippen molar-refractivity contribution in [2.45, 2.75) is 70.6 Å². The van der Waals surface area contributed by atoms with Crippen molar-refractivity contribution >= 4 is 0 Å². The molecule has 0 bridgehead atoms. The van der Waals surface area contributed by atoms with Gasteiger partial charge in [0.1, 0.15) is 0 Å². The van der Waals surface area contributed by atoms with Gasteiger partial charge in [-0.3, -0.25) is 0 Å². The lowest BCUT2D eigenvalue weighted by Crippen LogP contribution is -2.50. The van der Waals surface area contributed by atoms with Crippen LogP contribution in [0.2, 0.25) is 0 Å². The molecular formula is C18H36N2O2. The zero-order valence-corrected chi connectivity index (χ0v) is 14.8. The number of nitrogens with zero attached hydrogens (tertiary/aromatic N) is 1. The zero-order chi connectivity index (χ0) is 15.9. The number of ether oxygens (including phenoxy) is 1. The van der Waals surface area contributed by atoms with Gasteiger partial charge in [-0.1, -0.05) is 20.3 Å². The Labute approximate surface area is 136 Å². The van der Waals surface area contributed by atoms with Gasteiger partial charge in [0.2, 0.25) is 0 Å². The van der Waals surface area contributed by atoms with Gasteiger partial charge >= 0.3 is 0 Å². The summed E-state index contributed by atoms with van der Waals surface area (Å²) in [6, 6.07) is 1.40. The smallest absolute Gasteiger partial charge is 0.0900 e. The van der Waals surface area contributed by atoms with Gasteiger partial charge in [-0.05, 0) is 57.0 Å². The van der Waals surface area contributed by atoms with Gasteiger partial charge in [0, 0.05) is 25.7 Å². The lowest BCUT2D eigenvalue weighted by atomic mass is 9.77. The molecule has 1 aliphatic heterocycles. The second-order valence-electron chi connectivity index (χ2n) is 7.54. The molecule has 4 atom stereocenters. The first kappa shape index (κ1) is 18.2. The van der Waals surface area contributed by atoms with E-state index in [1.54, 1.807) is 7.11 Å². The summed E-state index contributed by atoms with van der Waals surface area (Å²) >= 11 is 0. The Balaban J connectivity index is 1.70. The second-order valence-corrected chi connectivity index (χ2v) is 7.54. The number of methoxy groups -OCH3 is 1. The maximum Gasteiger partial charge on any atom is 0.0900 e. The van der Waals surface area contributed by atoms with Crippen LogP contribution in [0.3, 0.4) is 0 Å². The standard InChI is InChI=1S/C18H36N2O2/c1-4-15-11-14(2)5-6-18(15)19-16-7-9-20(10-8-16)12-17(21)13-22-3/h14-19,21H,4-13H2,1-3H3. The first-order valence-corrected chi connectivity index (χ1v) is 9.27. The van der Waals surface area contributed by atoms with Crippen molar-refractivity contribution in [1.29, 1.82) is 0 Å². The fourth-order valence-electron chi connectivity index (χ4n) is 4.30. The Bertz CT molecular complexity index is 305. The summed E-state index contributed by atoms with van der Waals surface area (Å²) in [5.74, 6) is 1.78. The van der Waals surface area contributed by atoms with Gasteiger partial charge in [0.05, 0.1) is 12.7 Å². The molecule has 0 spiro atoms. The van der Waals surface area contributed by atoms with E-state index in [0.29, 0.717) is 12.6 Å². The minimum Gasteiger partial charge on any atom is -0.389 e. The maximum absolute atomic E-state index is 9.84. The number of hydrogen-bond donors (Lipinski definition) is 2. The number of rotatable bonds is 7. The van der Waals surface area contributed by atoms with E-state index in [1.807, 2.05) is 0 Å². The minimum absolute atomic E-state index is 0.348. The molecule has 2 N–H and O–H groups in total. The van der Waals surface area contributed by atoms with Gasteiger partial charge in [0.25, 0.3) is 0 Å². The van der Waals surface area contributed by atoms with Crippen molar-refractivity contribution in [1.82, 2.24) is 10.2 Å². The average Bonchev–Trinajstić information content (AvgIpc) is 2.51. The molecule has 0 aromatic carbocycles. The van der Waals surface area contributed by atoms with E-state index >= 15 is 0 Å². The fourth-order valence-corrected chi connectivity index (χ4v) is 4.30. The van der Waals surface area contributed by atoms with Gasteiger partial charge < -0.3 is 20.1 Å². The number of likely N-dealkylation sites (tertiary alicyclic amines) is 1. The lowest BCUT2D eigenvalue weighted by molar-refractivity contribution is 0.0299. The SMILES string of the molecule is CCC1CC(C)CCC1NC1CCN(CC(O)COC)CC1. The van der Waals surface area contributed by atoms with Crippen LogP contribution in [0.25, 0.3) is 0 Å². The second kappa shape index (κ2) is 9.21. The summed E-state index contributed by atoms with van der Waals surface area (Å²) < 4.78 is 5.01. The fraction of sp³-hybridized carbons (Fsp3) is 1.00. The first-order chi connectivity index (χ1) is 10.6. The highest BCUT2D eigenvalue weighted by atomic mass is 16.5. The molecule has 1 saturated carbocycles. The minimum atomic E-state index is -0.348. The van der Waals surface area contributed by atoms with E-state index in [9.17, 15) is 5.11 Å². The molecule has 2 fully saturated rings. The highest BCUT2D eigenvalue weighted by molar-refractivity contribution is 4.87. The van der Waals surface area contributed by atoms with Crippen LogP contribution in [0.5, 0.6) is 0 Å². The summed E-state index contributed by atoms with van der Waals surface area (Å²) in [6.45, 7) is 8.13. The van der Waals surface area contributed by atoms with Crippen LogP contribution in [0.1, 0.15) is 52.4 Å². The van der Waals surface area contributed by atoms with Crippen LogP contribution in [0.4, 0.5) is 0 Å². The highest BCUT2D eigenvalue weighted by Gasteiger charge is 2.30. The normalized spacial score (nSPS) is 33.0. The molecule has 2 aliphatic rings. The predicted molar refractivity (Wildman–Crippen MR) is 91.1 cm³/mol. The first-order valence-electron chi connectivity index (χ1n) is 9.27. The molecule has 0 amide bonds. The summed E-state index contributed by atoms with van der Waals surface area (Å²) in [4.78, 5) is 2.38. The predicted octanol–water partition coefficient (Wildman–Crippen LogP) is 2.26. The Kier molecular flexibility index (Phi) is 7.61. The van der Waals surface area contributed by atoms with Crippen molar-refractivity contribution in [2.24, 2.45) is 11.8 Å². The monoisotopic (exact) mass is 312 g/mol. The largest absolute Gasteiger partial charge is 0.389 e. The van der Waals surface area contributed by atoms with E-state index in [1.165, 1.54) is 38.5 Å². The highest BCUT2D eigenvalue weighted by Crippen LogP contribution is 2.31. The molecule has 4 nitrogen and oxygen atoms in total. The Morgan fingerprint density at radius 1 is 1.23 bits per heavy atom. The summed E-state index contributed by atoms with van der Waals surface area (Å²) in [6.07, 6.45) is 7.52. The van der Waals surface area contributed by atoms with Gasteiger partial charge in [0.15, 0.2) is 0 Å². The summed E-state index contributed by atoms with van der Waals surface area (Å²) in [5, 5.41) is 13.8. The van der Waals surface area contributed by atoms with Gasteiger partial charge in [-0.2, -0.15) is 0 Å². The van der Waals surface area contributed by atoms with E-state index in [4.69, 9.17) is 4.74 Å². The number of aliphatic hydroxyl groups excluding tert-OH is 1. The third-order valence-corrected chi connectivity index (χ3v) is 5.63. The van der Waals surface area contributed by atoms with Crippen LogP contribution in [-0.2, 0) is 4.74 Å². The molecule has 0 radical (unpaired) electrons. The number of piperidine rings is 1. The number of β-amino-alcohol motifs (C(OH)–C–C–N with tert-alkyl or cyclic N) is 1. The van der Waals surface area contributed by atoms with E-state index in [-0.39, 0.29) is 6.10 Å². The third-order valence-electron chi connectivity index (χ3n) is 5.63. The Hall–Kier alpha value is -0.160. The van der Waals surface area contributed by atoms with Gasteiger partial charge in [-0.25, -0.2) is 0 Å². The van der Waals surface area contributed by atoms with Crippen LogP contribution < -0.4 is 5.32 Å². The third kappa shape index (κ3) is 5.48.